The Bertz CT molecular complexity index is 870. The summed E-state index contributed by atoms with van der Waals surface area (Å²) in [7, 11) is 0. The minimum Gasteiger partial charge on any atom is -0.393 e. The van der Waals surface area contributed by atoms with Crippen LogP contribution in [0.1, 0.15) is 17.3 Å². The Kier molecular flexibility index (Phi) is 5.28. The average molecular weight is 348 g/mol. The second-order valence-corrected chi connectivity index (χ2v) is 5.48. The monoisotopic (exact) mass is 348 g/mol. The average Bonchev–Trinajstić information content (AvgIpc) is 2.70. The van der Waals surface area contributed by atoms with Gasteiger partial charge in [0, 0.05) is 17.8 Å². The highest BCUT2D eigenvalue weighted by molar-refractivity contribution is 5.95. The molecule has 0 atom stereocenters. The lowest BCUT2D eigenvalue weighted by Crippen LogP contribution is -2.30. The van der Waals surface area contributed by atoms with Gasteiger partial charge in [0.15, 0.2) is 11.6 Å². The first-order chi connectivity index (χ1) is 12.7. The van der Waals surface area contributed by atoms with Gasteiger partial charge in [-0.2, -0.15) is 0 Å². The van der Waals surface area contributed by atoms with E-state index in [0.717, 1.165) is 5.69 Å². The van der Waals surface area contributed by atoms with Gasteiger partial charge in [-0.25, -0.2) is 9.97 Å². The van der Waals surface area contributed by atoms with Crippen LogP contribution < -0.4 is 21.5 Å². The molecular formula is C19H20N6O. The highest BCUT2D eigenvalue weighted by Gasteiger charge is 2.16. The van der Waals surface area contributed by atoms with Crippen molar-refractivity contribution < 1.29 is 4.79 Å². The summed E-state index contributed by atoms with van der Waals surface area (Å²) in [5.41, 5.74) is 13.5. The largest absolute Gasteiger partial charge is 0.393 e. The fourth-order valence-corrected chi connectivity index (χ4v) is 2.54. The Morgan fingerprint density at radius 3 is 2.35 bits per heavy atom. The van der Waals surface area contributed by atoms with E-state index in [0.29, 0.717) is 29.4 Å². The summed E-state index contributed by atoms with van der Waals surface area (Å²) in [5, 5.41) is 0. The smallest absolute Gasteiger partial charge is 0.269 e. The number of carbonyl (C=O) groups is 1. The third-order valence-electron chi connectivity index (χ3n) is 3.83. The predicted molar refractivity (Wildman–Crippen MR) is 103 cm³/mol. The van der Waals surface area contributed by atoms with E-state index in [1.807, 2.05) is 48.2 Å². The molecule has 1 amide bonds. The van der Waals surface area contributed by atoms with Crippen molar-refractivity contribution in [1.29, 1.82) is 0 Å². The van der Waals surface area contributed by atoms with Crippen molar-refractivity contribution in [3.05, 3.63) is 72.6 Å². The summed E-state index contributed by atoms with van der Waals surface area (Å²) in [4.78, 5) is 22.6. The van der Waals surface area contributed by atoms with Crippen LogP contribution in [0.15, 0.2) is 67.0 Å². The van der Waals surface area contributed by atoms with Crippen molar-refractivity contribution in [2.45, 2.75) is 6.92 Å². The van der Waals surface area contributed by atoms with Gasteiger partial charge < -0.3 is 10.6 Å². The molecule has 0 fully saturated rings. The van der Waals surface area contributed by atoms with Crippen molar-refractivity contribution in [3.63, 3.8) is 0 Å². The molecule has 0 unspecified atom stereocenters. The normalized spacial score (nSPS) is 10.2. The molecule has 0 spiro atoms. The number of nitrogens with one attached hydrogen (secondary N) is 2. The molecule has 0 aliphatic carbocycles. The van der Waals surface area contributed by atoms with E-state index in [2.05, 4.69) is 20.8 Å². The Balaban J connectivity index is 1.80. The van der Waals surface area contributed by atoms with Crippen molar-refractivity contribution in [1.82, 2.24) is 15.4 Å². The summed E-state index contributed by atoms with van der Waals surface area (Å²) < 4.78 is 0. The standard InChI is InChI=1S/C19H20N6O/c1-2-25(15-11-7-4-8-12-15)18-16(20)17(21-13-22-18)23-24-19(26)14-9-5-3-6-10-14/h3-13H,2,20H2,1H3,(H,24,26)(H,21,22,23). The molecule has 1 aromatic heterocycles. The van der Waals surface area contributed by atoms with E-state index in [9.17, 15) is 4.79 Å². The maximum absolute atomic E-state index is 12.2. The van der Waals surface area contributed by atoms with Gasteiger partial charge in [-0.15, -0.1) is 0 Å². The first-order valence-electron chi connectivity index (χ1n) is 8.25. The second kappa shape index (κ2) is 7.98. The lowest BCUT2D eigenvalue weighted by atomic mass is 10.2. The first kappa shape index (κ1) is 17.2. The zero-order valence-electron chi connectivity index (χ0n) is 14.4. The van der Waals surface area contributed by atoms with E-state index in [-0.39, 0.29) is 5.91 Å². The summed E-state index contributed by atoms with van der Waals surface area (Å²) in [5.74, 6) is 0.638. The molecule has 132 valence electrons. The van der Waals surface area contributed by atoms with Crippen LogP contribution in [0.2, 0.25) is 0 Å². The van der Waals surface area contributed by atoms with E-state index in [4.69, 9.17) is 5.73 Å². The molecule has 7 nitrogen and oxygen atoms in total. The van der Waals surface area contributed by atoms with Gasteiger partial charge in [-0.1, -0.05) is 36.4 Å². The van der Waals surface area contributed by atoms with Gasteiger partial charge >= 0.3 is 0 Å². The van der Waals surface area contributed by atoms with Crippen LogP contribution in [0.5, 0.6) is 0 Å². The third-order valence-corrected chi connectivity index (χ3v) is 3.83. The topological polar surface area (TPSA) is 96.2 Å². The van der Waals surface area contributed by atoms with Crippen molar-refractivity contribution in [2.75, 3.05) is 22.6 Å². The highest BCUT2D eigenvalue weighted by Crippen LogP contribution is 2.31. The Labute approximate surface area is 151 Å². The lowest BCUT2D eigenvalue weighted by molar-refractivity contribution is 0.0962. The van der Waals surface area contributed by atoms with Crippen LogP contribution in [0.3, 0.4) is 0 Å². The van der Waals surface area contributed by atoms with E-state index in [1.165, 1.54) is 6.33 Å². The van der Waals surface area contributed by atoms with Crippen LogP contribution in [-0.4, -0.2) is 22.4 Å². The molecule has 26 heavy (non-hydrogen) atoms. The molecule has 0 aliphatic rings. The van der Waals surface area contributed by atoms with Crippen molar-refractivity contribution in [3.8, 4) is 0 Å². The number of para-hydroxylation sites is 1. The number of anilines is 4. The molecule has 0 radical (unpaired) electrons. The maximum atomic E-state index is 12.2. The lowest BCUT2D eigenvalue weighted by Gasteiger charge is -2.24. The number of hydrogen-bond acceptors (Lipinski definition) is 6. The van der Waals surface area contributed by atoms with Gasteiger partial charge in [0.2, 0.25) is 0 Å². The highest BCUT2D eigenvalue weighted by atomic mass is 16.2. The molecular weight excluding hydrogens is 328 g/mol. The molecule has 0 bridgehead atoms. The molecule has 0 saturated heterocycles. The molecule has 0 saturated carbocycles. The van der Waals surface area contributed by atoms with Crippen LogP contribution in [0.4, 0.5) is 23.0 Å². The van der Waals surface area contributed by atoms with Crippen LogP contribution >= 0.6 is 0 Å². The Morgan fingerprint density at radius 2 is 1.69 bits per heavy atom. The number of aromatic nitrogens is 2. The Morgan fingerprint density at radius 1 is 1.04 bits per heavy atom. The number of benzene rings is 2. The number of nitrogen functional groups attached to an aromatic ring is 1. The summed E-state index contributed by atoms with van der Waals surface area (Å²) in [6, 6.07) is 18.7. The number of nitrogens with zero attached hydrogens (tertiary/aromatic N) is 3. The quantitative estimate of drug-likeness (QED) is 0.593. The maximum Gasteiger partial charge on any atom is 0.269 e. The zero-order chi connectivity index (χ0) is 18.4. The Hall–Kier alpha value is -3.61. The van der Waals surface area contributed by atoms with E-state index < -0.39 is 0 Å². The molecule has 1 heterocycles. The first-order valence-corrected chi connectivity index (χ1v) is 8.25. The van der Waals surface area contributed by atoms with Gasteiger partial charge in [0.25, 0.3) is 5.91 Å². The minimum atomic E-state index is -0.277. The number of amides is 1. The molecule has 0 aliphatic heterocycles. The summed E-state index contributed by atoms with van der Waals surface area (Å²) in [6.45, 7) is 2.69. The molecule has 4 N–H and O–H groups in total. The van der Waals surface area contributed by atoms with Crippen LogP contribution in [0.25, 0.3) is 0 Å². The van der Waals surface area contributed by atoms with Gasteiger partial charge in [-0.05, 0) is 31.2 Å². The number of carbonyl (C=O) groups excluding carboxylic acids is 1. The van der Waals surface area contributed by atoms with Crippen LogP contribution in [0, 0.1) is 0 Å². The zero-order valence-corrected chi connectivity index (χ0v) is 14.4. The van der Waals surface area contributed by atoms with Gasteiger partial charge in [0.1, 0.15) is 12.0 Å². The molecule has 3 rings (SSSR count). The van der Waals surface area contributed by atoms with Gasteiger partial charge in [0.05, 0.1) is 0 Å². The number of hydrogen-bond donors (Lipinski definition) is 3. The summed E-state index contributed by atoms with van der Waals surface area (Å²) >= 11 is 0. The van der Waals surface area contributed by atoms with E-state index >= 15 is 0 Å². The summed E-state index contributed by atoms with van der Waals surface area (Å²) in [6.07, 6.45) is 1.41. The van der Waals surface area contributed by atoms with Gasteiger partial charge in [-0.3, -0.25) is 15.6 Å². The van der Waals surface area contributed by atoms with Crippen LogP contribution in [-0.2, 0) is 0 Å². The fourth-order valence-electron chi connectivity index (χ4n) is 2.54. The number of rotatable bonds is 6. The predicted octanol–water partition coefficient (Wildman–Crippen LogP) is 2.97. The molecule has 3 aromatic rings. The van der Waals surface area contributed by atoms with E-state index in [1.54, 1.807) is 24.3 Å². The number of hydrazine groups is 1. The second-order valence-electron chi connectivity index (χ2n) is 5.48. The molecule has 7 heteroatoms. The third kappa shape index (κ3) is 3.72. The number of nitrogens with two attached hydrogens (primary N) is 1. The molecule has 2 aromatic carbocycles. The minimum absolute atomic E-state index is 0.277. The van der Waals surface area contributed by atoms with Crippen molar-refractivity contribution in [2.24, 2.45) is 0 Å². The van der Waals surface area contributed by atoms with Crippen molar-refractivity contribution >= 4 is 28.9 Å². The SMILES string of the molecule is CCN(c1ccccc1)c1ncnc(NNC(=O)c2ccccc2)c1N. The fraction of sp³-hybridized carbons (Fsp3) is 0.105.